The van der Waals surface area contributed by atoms with Crippen molar-refractivity contribution < 1.29 is 19.1 Å². The number of nitriles is 1. The summed E-state index contributed by atoms with van der Waals surface area (Å²) in [5.41, 5.74) is 2.08. The van der Waals surface area contributed by atoms with Crippen LogP contribution in [0.3, 0.4) is 0 Å². The van der Waals surface area contributed by atoms with Crippen LogP contribution in [0.25, 0.3) is 0 Å². The molecule has 1 aliphatic carbocycles. The maximum Gasteiger partial charge on any atom is 0.254 e. The van der Waals surface area contributed by atoms with Gasteiger partial charge in [-0.3, -0.25) is 9.59 Å². The molecular weight excluding hydrogens is 612 g/mol. The summed E-state index contributed by atoms with van der Waals surface area (Å²) in [7, 11) is 0. The molecule has 0 bridgehead atoms. The van der Waals surface area contributed by atoms with E-state index in [-0.39, 0.29) is 40.2 Å². The minimum Gasteiger partial charge on any atom is -0.489 e. The van der Waals surface area contributed by atoms with Gasteiger partial charge in [-0.15, -0.1) is 0 Å². The number of carbonyl (C=O) groups is 3. The summed E-state index contributed by atoms with van der Waals surface area (Å²) < 4.78 is 6.44. The van der Waals surface area contributed by atoms with Crippen molar-refractivity contribution in [3.8, 4) is 23.7 Å². The van der Waals surface area contributed by atoms with Crippen molar-refractivity contribution in [3.63, 3.8) is 0 Å². The molecule has 1 saturated carbocycles. The van der Waals surface area contributed by atoms with E-state index in [1.165, 1.54) is 0 Å². The quantitative estimate of drug-likeness (QED) is 0.269. The molecule has 2 fully saturated rings. The zero-order chi connectivity index (χ0) is 34.3. The Morgan fingerprint density at radius 3 is 2.47 bits per heavy atom. The maximum absolute atomic E-state index is 13.6. The molecule has 1 saturated heterocycles. The van der Waals surface area contributed by atoms with Crippen molar-refractivity contribution in [3.05, 3.63) is 63.7 Å². The molecule has 2 heterocycles. The van der Waals surface area contributed by atoms with Gasteiger partial charge in [0.25, 0.3) is 5.91 Å². The Balaban J connectivity index is 1.13. The first-order chi connectivity index (χ1) is 22.1. The highest BCUT2D eigenvalue weighted by molar-refractivity contribution is 6.31. The fourth-order valence-corrected chi connectivity index (χ4v) is 8.10. The lowest BCUT2D eigenvalue weighted by Gasteiger charge is -2.65. The van der Waals surface area contributed by atoms with Gasteiger partial charge >= 0.3 is 0 Å². The zero-order valence-corrected chi connectivity index (χ0v) is 29.2. The van der Waals surface area contributed by atoms with Gasteiger partial charge in [-0.25, -0.2) is 0 Å². The molecule has 1 atom stereocenters. The lowest BCUT2D eigenvalue weighted by Crippen LogP contribution is -2.74. The second-order valence-electron chi connectivity index (χ2n) is 15.5. The lowest BCUT2D eigenvalue weighted by atomic mass is 9.49. The van der Waals surface area contributed by atoms with Crippen molar-refractivity contribution in [2.24, 2.45) is 22.2 Å². The number of halogens is 1. The fourth-order valence-electron chi connectivity index (χ4n) is 7.89. The number of nitrogens with zero attached hydrogens (tertiary/aromatic N) is 3. The van der Waals surface area contributed by atoms with E-state index in [1.54, 1.807) is 18.2 Å². The number of hydrogen-bond donors (Lipinski definition) is 1. The van der Waals surface area contributed by atoms with Gasteiger partial charge in [0.15, 0.2) is 0 Å². The number of rotatable bonds is 9. The third-order valence-corrected chi connectivity index (χ3v) is 10.3. The van der Waals surface area contributed by atoms with Gasteiger partial charge in [0, 0.05) is 73.1 Å². The van der Waals surface area contributed by atoms with E-state index in [0.29, 0.717) is 41.8 Å². The topological polar surface area (TPSA) is 103 Å². The summed E-state index contributed by atoms with van der Waals surface area (Å²) in [6.07, 6.45) is 1.80. The second kappa shape index (κ2) is 13.0. The van der Waals surface area contributed by atoms with Crippen LogP contribution in [0, 0.1) is 45.3 Å². The number of aldehydes is 1. The Kier molecular flexibility index (Phi) is 9.52. The first kappa shape index (κ1) is 34.5. The Labute approximate surface area is 283 Å². The van der Waals surface area contributed by atoms with Crippen LogP contribution >= 0.6 is 11.6 Å². The molecule has 248 valence electrons. The molecule has 2 aliphatic heterocycles. The van der Waals surface area contributed by atoms with E-state index in [1.807, 2.05) is 43.9 Å². The molecule has 9 heteroatoms. The number of amides is 2. The summed E-state index contributed by atoms with van der Waals surface area (Å²) >= 11 is 6.26. The van der Waals surface area contributed by atoms with Gasteiger partial charge in [0.05, 0.1) is 16.6 Å². The lowest BCUT2D eigenvalue weighted by molar-refractivity contribution is -0.199. The van der Waals surface area contributed by atoms with Crippen LogP contribution in [0.1, 0.15) is 88.4 Å². The zero-order valence-electron chi connectivity index (χ0n) is 28.4. The van der Waals surface area contributed by atoms with Crippen LogP contribution in [0.5, 0.6) is 5.75 Å². The summed E-state index contributed by atoms with van der Waals surface area (Å²) in [5.74, 6) is 7.64. The number of likely N-dealkylation sites (tertiary alicyclic amines) is 1. The van der Waals surface area contributed by atoms with E-state index in [4.69, 9.17) is 16.3 Å². The number of hydrogen-bond acceptors (Lipinski definition) is 6. The molecule has 2 aromatic carbocycles. The van der Waals surface area contributed by atoms with Crippen molar-refractivity contribution in [1.29, 1.82) is 5.26 Å². The Hall–Kier alpha value is -3.85. The minimum absolute atomic E-state index is 0.0360. The third-order valence-electron chi connectivity index (χ3n) is 10.0. The first-order valence-electron chi connectivity index (χ1n) is 16.3. The van der Waals surface area contributed by atoms with Crippen LogP contribution in [0.4, 0.5) is 0 Å². The van der Waals surface area contributed by atoms with Crippen molar-refractivity contribution >= 4 is 29.7 Å². The van der Waals surface area contributed by atoms with Crippen molar-refractivity contribution in [2.45, 2.75) is 86.0 Å². The smallest absolute Gasteiger partial charge is 0.254 e. The average molecular weight is 657 g/mol. The average Bonchev–Trinajstić information content (AvgIpc) is 3.28. The Morgan fingerprint density at radius 2 is 1.85 bits per heavy atom. The number of fused-ring (bicyclic) bond motifs is 1. The van der Waals surface area contributed by atoms with Crippen LogP contribution < -0.4 is 10.1 Å². The predicted molar refractivity (Wildman–Crippen MR) is 182 cm³/mol. The number of ether oxygens (including phenoxy) is 1. The largest absolute Gasteiger partial charge is 0.489 e. The van der Waals surface area contributed by atoms with E-state index in [2.05, 4.69) is 55.8 Å². The Bertz CT molecular complexity index is 1650. The summed E-state index contributed by atoms with van der Waals surface area (Å²) in [6.45, 7) is 17.4. The number of benzene rings is 2. The molecule has 2 amide bonds. The van der Waals surface area contributed by atoms with E-state index in [9.17, 15) is 19.6 Å². The van der Waals surface area contributed by atoms with Crippen LogP contribution in [-0.4, -0.2) is 65.7 Å². The first-order valence-corrected chi connectivity index (χ1v) is 16.7. The van der Waals surface area contributed by atoms with Crippen molar-refractivity contribution in [2.75, 3.05) is 19.6 Å². The molecule has 8 nitrogen and oxygen atoms in total. The molecule has 0 aromatic heterocycles. The van der Waals surface area contributed by atoms with Crippen LogP contribution in [0.15, 0.2) is 36.4 Å². The standard InChI is InChI=1S/C38H45ClN4O4/c1-36(2,3)31(23-44)41-32(45)15-16-42-20-25(21-42)10-8-9-24-11-14-29-27(17-24)22-43(33(29)46)34-37(4,5)35(38(34,6)7)47-28-13-12-26(19-40)30(39)18-28/h11-14,17-18,23,25,31,34-35H,10,15-16,20-22H2,1-7H3,(H,41,45)/t31-,34?,35?/m1/s1. The van der Waals surface area contributed by atoms with Crippen molar-refractivity contribution in [1.82, 2.24) is 15.1 Å². The predicted octanol–water partition coefficient (Wildman–Crippen LogP) is 5.84. The highest BCUT2D eigenvalue weighted by atomic mass is 35.5. The van der Waals surface area contributed by atoms with Gasteiger partial charge in [-0.1, -0.05) is 71.9 Å². The molecule has 1 N–H and O–H groups in total. The third kappa shape index (κ3) is 6.91. The maximum atomic E-state index is 13.6. The summed E-state index contributed by atoms with van der Waals surface area (Å²) in [6, 6.07) is 12.5. The van der Waals surface area contributed by atoms with Gasteiger partial charge in [0.2, 0.25) is 5.91 Å². The monoisotopic (exact) mass is 656 g/mol. The number of carbonyl (C=O) groups excluding carboxylic acids is 3. The van der Waals surface area contributed by atoms with E-state index >= 15 is 0 Å². The minimum atomic E-state index is -0.486. The van der Waals surface area contributed by atoms with E-state index < -0.39 is 6.04 Å². The molecule has 0 unspecified atom stereocenters. The normalized spacial score (nSPS) is 22.1. The Morgan fingerprint density at radius 1 is 1.15 bits per heavy atom. The molecule has 3 aliphatic rings. The summed E-state index contributed by atoms with van der Waals surface area (Å²) in [5, 5.41) is 12.4. The molecule has 47 heavy (non-hydrogen) atoms. The molecule has 0 radical (unpaired) electrons. The van der Waals surface area contributed by atoms with Gasteiger partial charge in [0.1, 0.15) is 24.2 Å². The van der Waals surface area contributed by atoms with Gasteiger partial charge < -0.3 is 24.6 Å². The van der Waals surface area contributed by atoms with Gasteiger partial charge in [-0.05, 0) is 47.2 Å². The van der Waals surface area contributed by atoms with Crippen LogP contribution in [-0.2, 0) is 16.1 Å². The summed E-state index contributed by atoms with van der Waals surface area (Å²) in [4.78, 5) is 41.5. The number of nitrogens with one attached hydrogen (secondary N) is 1. The van der Waals surface area contributed by atoms with Crippen LogP contribution in [0.2, 0.25) is 5.02 Å². The van der Waals surface area contributed by atoms with Gasteiger partial charge in [-0.2, -0.15) is 5.26 Å². The fraction of sp³-hybridized carbons (Fsp3) is 0.526. The molecule has 5 rings (SSSR count). The van der Waals surface area contributed by atoms with E-state index in [0.717, 1.165) is 42.5 Å². The SMILES string of the molecule is CC1(C)C(Oc2ccc(C#N)c(Cl)c2)C(C)(C)C1N1Cc2cc(C#CCC3CN(CCC(=O)N[C@H](C=O)C(C)(C)C)C3)ccc2C1=O. The highest BCUT2D eigenvalue weighted by Crippen LogP contribution is 2.59. The molecule has 2 aromatic rings. The molecular formula is C38H45ClN4O4. The molecule has 0 spiro atoms. The highest BCUT2D eigenvalue weighted by Gasteiger charge is 2.67. The second-order valence-corrected chi connectivity index (χ2v) is 15.9.